The van der Waals surface area contributed by atoms with E-state index in [9.17, 15) is 0 Å². The highest BCUT2D eigenvalue weighted by molar-refractivity contribution is 5.30. The van der Waals surface area contributed by atoms with Crippen molar-refractivity contribution in [1.82, 2.24) is 0 Å². The summed E-state index contributed by atoms with van der Waals surface area (Å²) in [5.41, 5.74) is 6.78. The van der Waals surface area contributed by atoms with Gasteiger partial charge in [-0.15, -0.1) is 0 Å². The molecule has 1 rings (SSSR count). The highest BCUT2D eigenvalue weighted by atomic mass is 16.5. The van der Waals surface area contributed by atoms with Crippen molar-refractivity contribution >= 4 is 0 Å². The molecule has 0 aromatic heterocycles. The molecule has 1 unspecified atom stereocenters. The van der Waals surface area contributed by atoms with Crippen molar-refractivity contribution in [2.75, 3.05) is 13.7 Å². The van der Waals surface area contributed by atoms with Crippen molar-refractivity contribution in [1.29, 1.82) is 0 Å². The van der Waals surface area contributed by atoms with Gasteiger partial charge in [-0.25, -0.2) is 0 Å². The zero-order valence-electron chi connectivity index (χ0n) is 11.2. The van der Waals surface area contributed by atoms with Gasteiger partial charge in [0.2, 0.25) is 0 Å². The molecule has 96 valence electrons. The van der Waals surface area contributed by atoms with E-state index in [1.54, 1.807) is 7.11 Å². The van der Waals surface area contributed by atoms with Crippen molar-refractivity contribution in [2.24, 2.45) is 5.73 Å². The number of ether oxygens (including phenoxy) is 2. The van der Waals surface area contributed by atoms with Crippen LogP contribution in [0.3, 0.4) is 0 Å². The lowest BCUT2D eigenvalue weighted by Gasteiger charge is -2.22. The Labute approximate surface area is 104 Å². The molecule has 1 aromatic rings. The average Bonchev–Trinajstić information content (AvgIpc) is 2.29. The molecule has 17 heavy (non-hydrogen) atoms. The molecule has 3 nitrogen and oxygen atoms in total. The molecule has 0 aliphatic rings. The lowest BCUT2D eigenvalue weighted by atomic mass is 10.1. The topological polar surface area (TPSA) is 44.5 Å². The van der Waals surface area contributed by atoms with Gasteiger partial charge < -0.3 is 15.2 Å². The standard InChI is InChI=1S/C14H23NO2/c1-11(15)12-6-5-7-13(10-12)17-9-8-14(2,3)16-4/h5-7,10-11H,8-9,15H2,1-4H3. The third-order valence-electron chi connectivity index (χ3n) is 2.91. The van der Waals surface area contributed by atoms with Crippen LogP contribution in [-0.4, -0.2) is 19.3 Å². The number of benzene rings is 1. The molecule has 0 aliphatic carbocycles. The number of hydrogen-bond acceptors (Lipinski definition) is 3. The molecule has 1 atom stereocenters. The van der Waals surface area contributed by atoms with E-state index in [1.165, 1.54) is 0 Å². The van der Waals surface area contributed by atoms with Crippen LogP contribution in [0.4, 0.5) is 0 Å². The lowest BCUT2D eigenvalue weighted by Crippen LogP contribution is -2.25. The molecule has 0 amide bonds. The quantitative estimate of drug-likeness (QED) is 0.827. The third kappa shape index (κ3) is 4.75. The van der Waals surface area contributed by atoms with E-state index in [-0.39, 0.29) is 11.6 Å². The summed E-state index contributed by atoms with van der Waals surface area (Å²) in [4.78, 5) is 0. The van der Waals surface area contributed by atoms with Gasteiger partial charge in [-0.2, -0.15) is 0 Å². The Kier molecular flexibility index (Phi) is 4.97. The van der Waals surface area contributed by atoms with Crippen LogP contribution in [0.15, 0.2) is 24.3 Å². The van der Waals surface area contributed by atoms with Crippen molar-refractivity contribution in [3.63, 3.8) is 0 Å². The number of nitrogens with two attached hydrogens (primary N) is 1. The van der Waals surface area contributed by atoms with E-state index in [1.807, 2.05) is 31.2 Å². The smallest absolute Gasteiger partial charge is 0.119 e. The Morgan fingerprint density at radius 3 is 2.65 bits per heavy atom. The molecule has 0 heterocycles. The first-order chi connectivity index (χ1) is 7.94. The summed E-state index contributed by atoms with van der Waals surface area (Å²) in [6, 6.07) is 7.95. The van der Waals surface area contributed by atoms with Gasteiger partial charge in [-0.1, -0.05) is 12.1 Å². The molecule has 0 aliphatic heterocycles. The molecule has 0 fully saturated rings. The van der Waals surface area contributed by atoms with Crippen LogP contribution in [0, 0.1) is 0 Å². The van der Waals surface area contributed by atoms with Gasteiger partial charge in [-0.3, -0.25) is 0 Å². The zero-order valence-corrected chi connectivity index (χ0v) is 11.2. The summed E-state index contributed by atoms with van der Waals surface area (Å²) in [5, 5.41) is 0. The van der Waals surface area contributed by atoms with Crippen LogP contribution in [0.25, 0.3) is 0 Å². The van der Waals surface area contributed by atoms with E-state index in [2.05, 4.69) is 13.8 Å². The van der Waals surface area contributed by atoms with Gasteiger partial charge in [0.1, 0.15) is 5.75 Å². The molecule has 0 saturated carbocycles. The maximum atomic E-state index is 5.83. The molecule has 1 aromatic carbocycles. The monoisotopic (exact) mass is 237 g/mol. The van der Waals surface area contributed by atoms with Crippen molar-refractivity contribution in [3.8, 4) is 5.75 Å². The summed E-state index contributed by atoms with van der Waals surface area (Å²) in [6.45, 7) is 6.71. The van der Waals surface area contributed by atoms with Gasteiger partial charge in [0.05, 0.1) is 12.2 Å². The van der Waals surface area contributed by atoms with Gasteiger partial charge in [0.15, 0.2) is 0 Å². The summed E-state index contributed by atoms with van der Waals surface area (Å²) < 4.78 is 11.0. The molecule has 0 radical (unpaired) electrons. The number of hydrogen-bond donors (Lipinski definition) is 1. The number of methoxy groups -OCH3 is 1. The second-order valence-electron chi connectivity index (χ2n) is 4.92. The fourth-order valence-corrected chi connectivity index (χ4v) is 1.40. The van der Waals surface area contributed by atoms with Crippen molar-refractivity contribution in [2.45, 2.75) is 38.8 Å². The van der Waals surface area contributed by atoms with Gasteiger partial charge >= 0.3 is 0 Å². The van der Waals surface area contributed by atoms with E-state index >= 15 is 0 Å². The third-order valence-corrected chi connectivity index (χ3v) is 2.91. The summed E-state index contributed by atoms with van der Waals surface area (Å²) in [7, 11) is 1.72. The first kappa shape index (κ1) is 14.0. The minimum Gasteiger partial charge on any atom is -0.493 e. The zero-order chi connectivity index (χ0) is 12.9. The van der Waals surface area contributed by atoms with E-state index in [0.717, 1.165) is 17.7 Å². The average molecular weight is 237 g/mol. The maximum absolute atomic E-state index is 5.83. The molecular weight excluding hydrogens is 214 g/mol. The minimum absolute atomic E-state index is 0.0361. The molecule has 0 bridgehead atoms. The summed E-state index contributed by atoms with van der Waals surface area (Å²) in [6.07, 6.45) is 0.853. The summed E-state index contributed by atoms with van der Waals surface area (Å²) in [5.74, 6) is 0.867. The fourth-order valence-electron chi connectivity index (χ4n) is 1.40. The SMILES string of the molecule is COC(C)(C)CCOc1cccc(C(C)N)c1. The van der Waals surface area contributed by atoms with Gasteiger partial charge in [-0.05, 0) is 38.5 Å². The second kappa shape index (κ2) is 6.03. The van der Waals surface area contributed by atoms with Crippen LogP contribution < -0.4 is 10.5 Å². The normalized spacial score (nSPS) is 13.5. The molecular formula is C14H23NO2. The van der Waals surface area contributed by atoms with Crippen LogP contribution in [-0.2, 0) is 4.74 Å². The van der Waals surface area contributed by atoms with E-state index < -0.39 is 0 Å². The fraction of sp³-hybridized carbons (Fsp3) is 0.571. The Bertz CT molecular complexity index is 348. The lowest BCUT2D eigenvalue weighted by molar-refractivity contribution is 0.00545. The first-order valence-electron chi connectivity index (χ1n) is 5.98. The van der Waals surface area contributed by atoms with Crippen LogP contribution >= 0.6 is 0 Å². The predicted molar refractivity (Wildman–Crippen MR) is 70.2 cm³/mol. The van der Waals surface area contributed by atoms with E-state index in [4.69, 9.17) is 15.2 Å². The molecule has 0 saturated heterocycles. The Balaban J connectivity index is 2.50. The van der Waals surface area contributed by atoms with Crippen LogP contribution in [0.1, 0.15) is 38.8 Å². The highest BCUT2D eigenvalue weighted by Crippen LogP contribution is 2.19. The van der Waals surface area contributed by atoms with Gasteiger partial charge in [0.25, 0.3) is 0 Å². The van der Waals surface area contributed by atoms with Crippen molar-refractivity contribution < 1.29 is 9.47 Å². The Hall–Kier alpha value is -1.06. The highest BCUT2D eigenvalue weighted by Gasteiger charge is 2.15. The van der Waals surface area contributed by atoms with Crippen LogP contribution in [0.5, 0.6) is 5.75 Å². The minimum atomic E-state index is -0.140. The van der Waals surface area contributed by atoms with Gasteiger partial charge in [0, 0.05) is 19.6 Å². The Morgan fingerprint density at radius 1 is 1.35 bits per heavy atom. The van der Waals surface area contributed by atoms with Crippen molar-refractivity contribution in [3.05, 3.63) is 29.8 Å². The second-order valence-corrected chi connectivity index (χ2v) is 4.92. The largest absolute Gasteiger partial charge is 0.493 e. The Morgan fingerprint density at radius 2 is 2.06 bits per heavy atom. The predicted octanol–water partition coefficient (Wildman–Crippen LogP) is 2.90. The molecule has 0 spiro atoms. The van der Waals surface area contributed by atoms with E-state index in [0.29, 0.717) is 6.61 Å². The maximum Gasteiger partial charge on any atom is 0.119 e. The first-order valence-corrected chi connectivity index (χ1v) is 5.98. The summed E-state index contributed by atoms with van der Waals surface area (Å²) >= 11 is 0. The molecule has 3 heteroatoms. The molecule has 2 N–H and O–H groups in total. The van der Waals surface area contributed by atoms with Crippen LogP contribution in [0.2, 0.25) is 0 Å². The number of rotatable bonds is 6.